The molecule has 0 aliphatic rings. The fourth-order valence-corrected chi connectivity index (χ4v) is 4.01. The van der Waals surface area contributed by atoms with Crippen molar-refractivity contribution >= 4 is 34.2 Å². The Hall–Kier alpha value is -1.88. The lowest BCUT2D eigenvalue weighted by Crippen LogP contribution is -2.51. The van der Waals surface area contributed by atoms with Gasteiger partial charge in [-0.25, -0.2) is 0 Å². The van der Waals surface area contributed by atoms with Crippen LogP contribution in [0, 0.1) is 13.8 Å². The number of hydrogen-bond acceptors (Lipinski definition) is 8. The molecule has 0 bridgehead atoms. The SMILES string of the molecule is Cc1ccccc1C(=S)/C=C(/C(=S)c1ccccc1C)C(O)[C@@H](O)[C@@H](O)[C@H](O)[C@@H](O)CO. The van der Waals surface area contributed by atoms with Crippen LogP contribution in [0.3, 0.4) is 0 Å². The van der Waals surface area contributed by atoms with Gasteiger partial charge < -0.3 is 30.6 Å². The van der Waals surface area contributed by atoms with E-state index < -0.39 is 37.1 Å². The number of hydrogen-bond donors (Lipinski definition) is 6. The molecule has 0 aromatic heterocycles. The second kappa shape index (κ2) is 11.8. The molecule has 0 fully saturated rings. The van der Waals surface area contributed by atoms with Gasteiger partial charge in [0.15, 0.2) is 0 Å². The highest BCUT2D eigenvalue weighted by molar-refractivity contribution is 7.81. The molecule has 8 heteroatoms. The van der Waals surface area contributed by atoms with Gasteiger partial charge in [-0.1, -0.05) is 73.0 Å². The summed E-state index contributed by atoms with van der Waals surface area (Å²) in [4.78, 5) is 0.584. The summed E-state index contributed by atoms with van der Waals surface area (Å²) in [7, 11) is 0. The second-order valence-corrected chi connectivity index (χ2v) is 8.44. The molecule has 172 valence electrons. The standard InChI is InChI=1S/C24H28O6S2/c1-13-7-3-5-9-15(13)19(31)11-17(24(32)16-10-6-4-8-14(16)2)20(27)22(29)23(30)21(28)18(26)12-25/h3-11,18,20-23,25-30H,12H2,1-2H3/b17-11+/t18-,20?,21+,22+,23-/m0/s1. The molecule has 2 rings (SSSR count). The summed E-state index contributed by atoms with van der Waals surface area (Å²) < 4.78 is 0. The quantitative estimate of drug-likeness (QED) is 0.172. The minimum Gasteiger partial charge on any atom is -0.394 e. The molecule has 0 saturated carbocycles. The topological polar surface area (TPSA) is 121 Å². The summed E-state index contributed by atoms with van der Waals surface area (Å²) in [5.74, 6) is 0. The third kappa shape index (κ3) is 6.12. The van der Waals surface area contributed by atoms with Gasteiger partial charge in [-0.3, -0.25) is 0 Å². The van der Waals surface area contributed by atoms with Gasteiger partial charge in [0, 0.05) is 10.4 Å². The second-order valence-electron chi connectivity index (χ2n) is 7.59. The molecule has 0 aliphatic heterocycles. The van der Waals surface area contributed by atoms with Gasteiger partial charge in [-0.05, 0) is 42.2 Å². The van der Waals surface area contributed by atoms with Crippen LogP contribution in [0.4, 0.5) is 0 Å². The number of allylic oxidation sites excluding steroid dienone is 1. The normalized spacial score (nSPS) is 16.7. The van der Waals surface area contributed by atoms with E-state index in [1.807, 2.05) is 50.2 Å². The van der Waals surface area contributed by atoms with Crippen molar-refractivity contribution in [2.75, 3.05) is 6.61 Å². The Morgan fingerprint density at radius 3 is 1.78 bits per heavy atom. The van der Waals surface area contributed by atoms with Crippen molar-refractivity contribution in [3.8, 4) is 0 Å². The molecule has 6 nitrogen and oxygen atoms in total. The average molecular weight is 477 g/mol. The molecule has 0 amide bonds. The van der Waals surface area contributed by atoms with Crippen LogP contribution in [0.1, 0.15) is 22.3 Å². The predicted molar refractivity (Wildman–Crippen MR) is 131 cm³/mol. The zero-order valence-corrected chi connectivity index (χ0v) is 19.4. The molecule has 2 aromatic rings. The van der Waals surface area contributed by atoms with Gasteiger partial charge in [0.2, 0.25) is 0 Å². The summed E-state index contributed by atoms with van der Waals surface area (Å²) in [6.45, 7) is 2.90. The fourth-order valence-electron chi connectivity index (χ4n) is 3.25. The molecule has 1 unspecified atom stereocenters. The fraction of sp³-hybridized carbons (Fsp3) is 0.333. The molecule has 2 aromatic carbocycles. The van der Waals surface area contributed by atoms with Gasteiger partial charge >= 0.3 is 0 Å². The zero-order valence-electron chi connectivity index (χ0n) is 17.8. The number of aliphatic hydroxyl groups excluding tert-OH is 6. The van der Waals surface area contributed by atoms with Gasteiger partial charge in [-0.15, -0.1) is 0 Å². The van der Waals surface area contributed by atoms with Crippen LogP contribution in [-0.2, 0) is 0 Å². The highest BCUT2D eigenvalue weighted by Gasteiger charge is 2.36. The lowest BCUT2D eigenvalue weighted by atomic mass is 9.89. The summed E-state index contributed by atoms with van der Waals surface area (Å²) in [6, 6.07) is 14.6. The van der Waals surface area contributed by atoms with Crippen LogP contribution < -0.4 is 0 Å². The summed E-state index contributed by atoms with van der Waals surface area (Å²) in [6.07, 6.45) is -7.72. The molecule has 0 aliphatic carbocycles. The first-order valence-corrected chi connectivity index (χ1v) is 10.8. The van der Waals surface area contributed by atoms with Gasteiger partial charge in [-0.2, -0.15) is 0 Å². The Kier molecular flexibility index (Phi) is 9.75. The van der Waals surface area contributed by atoms with Crippen LogP contribution in [0.25, 0.3) is 0 Å². The number of benzene rings is 2. The Morgan fingerprint density at radius 1 is 0.781 bits per heavy atom. The number of aryl methyl sites for hydroxylation is 2. The maximum atomic E-state index is 11.0. The van der Waals surface area contributed by atoms with Crippen LogP contribution in [0.15, 0.2) is 60.2 Å². The van der Waals surface area contributed by atoms with E-state index in [1.54, 1.807) is 12.1 Å². The molecule has 5 atom stereocenters. The van der Waals surface area contributed by atoms with Crippen LogP contribution in [0.2, 0.25) is 0 Å². The first-order valence-electron chi connectivity index (χ1n) is 10.0. The molecule has 0 spiro atoms. The highest BCUT2D eigenvalue weighted by atomic mass is 32.1. The van der Waals surface area contributed by atoms with E-state index >= 15 is 0 Å². The van der Waals surface area contributed by atoms with E-state index in [9.17, 15) is 25.5 Å². The van der Waals surface area contributed by atoms with Crippen molar-refractivity contribution in [1.29, 1.82) is 0 Å². The lowest BCUT2D eigenvalue weighted by Gasteiger charge is -2.30. The smallest absolute Gasteiger partial charge is 0.113 e. The molecular weight excluding hydrogens is 448 g/mol. The van der Waals surface area contributed by atoms with E-state index in [2.05, 4.69) is 0 Å². The Morgan fingerprint density at radius 2 is 1.28 bits per heavy atom. The summed E-state index contributed by atoms with van der Waals surface area (Å²) in [5, 5.41) is 60.4. The van der Waals surface area contributed by atoms with Crippen LogP contribution >= 0.6 is 24.4 Å². The lowest BCUT2D eigenvalue weighted by molar-refractivity contribution is -0.133. The molecule has 0 radical (unpaired) electrons. The summed E-state index contributed by atoms with van der Waals surface area (Å²) >= 11 is 11.2. The van der Waals surface area contributed by atoms with Crippen molar-refractivity contribution in [3.05, 3.63) is 82.4 Å². The van der Waals surface area contributed by atoms with E-state index in [-0.39, 0.29) is 10.4 Å². The average Bonchev–Trinajstić information content (AvgIpc) is 2.80. The van der Waals surface area contributed by atoms with Crippen molar-refractivity contribution < 1.29 is 30.6 Å². The van der Waals surface area contributed by atoms with E-state index in [1.165, 1.54) is 6.08 Å². The molecule has 6 N–H and O–H groups in total. The zero-order chi connectivity index (χ0) is 24.0. The maximum Gasteiger partial charge on any atom is 0.113 e. The van der Waals surface area contributed by atoms with Crippen molar-refractivity contribution in [1.82, 2.24) is 0 Å². The van der Waals surface area contributed by atoms with Gasteiger partial charge in [0.25, 0.3) is 0 Å². The number of aliphatic hydroxyl groups is 6. The monoisotopic (exact) mass is 476 g/mol. The summed E-state index contributed by atoms with van der Waals surface area (Å²) in [5.41, 5.74) is 3.21. The van der Waals surface area contributed by atoms with Crippen molar-refractivity contribution in [2.24, 2.45) is 0 Å². The van der Waals surface area contributed by atoms with E-state index in [0.717, 1.165) is 16.7 Å². The molecule has 0 heterocycles. The highest BCUT2D eigenvalue weighted by Crippen LogP contribution is 2.23. The minimum absolute atomic E-state index is 0.0831. The first kappa shape index (κ1) is 26.4. The first-order chi connectivity index (χ1) is 15.1. The van der Waals surface area contributed by atoms with E-state index in [4.69, 9.17) is 29.5 Å². The van der Waals surface area contributed by atoms with Gasteiger partial charge in [0.1, 0.15) is 30.5 Å². The predicted octanol–water partition coefficient (Wildman–Crippen LogP) is 1.16. The number of rotatable bonds is 10. The number of thiocarbonyl (C=S) groups is 2. The Labute approximate surface area is 198 Å². The maximum absolute atomic E-state index is 11.0. The van der Waals surface area contributed by atoms with Crippen molar-refractivity contribution in [3.63, 3.8) is 0 Å². The minimum atomic E-state index is -1.96. The third-order valence-electron chi connectivity index (χ3n) is 5.27. The Balaban J connectivity index is 2.50. The molecule has 32 heavy (non-hydrogen) atoms. The van der Waals surface area contributed by atoms with Crippen LogP contribution in [0.5, 0.6) is 0 Å². The van der Waals surface area contributed by atoms with Crippen LogP contribution in [-0.4, -0.2) is 77.5 Å². The Bertz CT molecular complexity index is 990. The van der Waals surface area contributed by atoms with Gasteiger partial charge in [0.05, 0.1) is 11.5 Å². The molecule has 0 saturated heterocycles. The van der Waals surface area contributed by atoms with Crippen molar-refractivity contribution in [2.45, 2.75) is 44.4 Å². The largest absolute Gasteiger partial charge is 0.394 e. The molecular formula is C24H28O6S2. The third-order valence-corrected chi connectivity index (χ3v) is 6.07. The van der Waals surface area contributed by atoms with E-state index in [0.29, 0.717) is 10.4 Å².